The van der Waals surface area contributed by atoms with E-state index in [0.717, 1.165) is 25.2 Å². The van der Waals surface area contributed by atoms with E-state index < -0.39 is 0 Å². The molecule has 0 amide bonds. The van der Waals surface area contributed by atoms with Crippen molar-refractivity contribution in [3.63, 3.8) is 0 Å². The highest BCUT2D eigenvalue weighted by atomic mass is 16.5. The Morgan fingerprint density at radius 1 is 1.19 bits per heavy atom. The van der Waals surface area contributed by atoms with Crippen molar-refractivity contribution >= 4 is 0 Å². The summed E-state index contributed by atoms with van der Waals surface area (Å²) in [5, 5.41) is 3.82. The quantitative estimate of drug-likeness (QED) is 0.797. The van der Waals surface area contributed by atoms with Gasteiger partial charge in [0.2, 0.25) is 0 Å². The summed E-state index contributed by atoms with van der Waals surface area (Å²) in [5.74, 6) is 0.745. The van der Waals surface area contributed by atoms with Crippen molar-refractivity contribution in [3.05, 3.63) is 0 Å². The Labute approximate surface area is 100 Å². The van der Waals surface area contributed by atoms with Gasteiger partial charge in [-0.25, -0.2) is 0 Å². The molecule has 2 unspecified atom stereocenters. The van der Waals surface area contributed by atoms with Crippen molar-refractivity contribution in [1.29, 1.82) is 0 Å². The zero-order valence-corrected chi connectivity index (χ0v) is 11.1. The molecule has 16 heavy (non-hydrogen) atoms. The van der Waals surface area contributed by atoms with Gasteiger partial charge in [0.15, 0.2) is 0 Å². The minimum absolute atomic E-state index is 0.581. The van der Waals surface area contributed by atoms with Crippen LogP contribution in [0.25, 0.3) is 0 Å². The Bertz CT molecular complexity index is 211. The molecule has 1 aliphatic carbocycles. The van der Waals surface area contributed by atoms with Gasteiger partial charge in [-0.05, 0) is 50.4 Å². The summed E-state index contributed by atoms with van der Waals surface area (Å²) in [6, 6.07) is 1.39. The zero-order valence-electron chi connectivity index (χ0n) is 11.1. The largest absolute Gasteiger partial charge is 0.381 e. The number of hydrogen-bond donors (Lipinski definition) is 1. The summed E-state index contributed by atoms with van der Waals surface area (Å²) in [6.07, 6.45) is 6.69. The van der Waals surface area contributed by atoms with E-state index >= 15 is 0 Å². The van der Waals surface area contributed by atoms with Gasteiger partial charge < -0.3 is 10.1 Å². The lowest BCUT2D eigenvalue weighted by Crippen LogP contribution is -2.43. The van der Waals surface area contributed by atoms with Crippen molar-refractivity contribution in [2.24, 2.45) is 11.3 Å². The summed E-state index contributed by atoms with van der Waals surface area (Å²) in [7, 11) is 0. The van der Waals surface area contributed by atoms with Crippen LogP contribution in [0, 0.1) is 11.3 Å². The topological polar surface area (TPSA) is 21.3 Å². The predicted molar refractivity (Wildman–Crippen MR) is 67.6 cm³/mol. The van der Waals surface area contributed by atoms with Crippen LogP contribution in [0.5, 0.6) is 0 Å². The molecule has 1 saturated carbocycles. The number of hydrogen-bond acceptors (Lipinski definition) is 2. The first kappa shape index (κ1) is 12.4. The molecule has 0 bridgehead atoms. The first-order valence-corrected chi connectivity index (χ1v) is 6.91. The van der Waals surface area contributed by atoms with E-state index in [-0.39, 0.29) is 0 Å². The fourth-order valence-electron chi connectivity index (χ4n) is 3.02. The van der Waals surface area contributed by atoms with Crippen LogP contribution in [0.3, 0.4) is 0 Å². The lowest BCUT2D eigenvalue weighted by molar-refractivity contribution is 0.164. The summed E-state index contributed by atoms with van der Waals surface area (Å²) in [4.78, 5) is 0. The van der Waals surface area contributed by atoms with E-state index in [2.05, 4.69) is 26.1 Å². The van der Waals surface area contributed by atoms with Crippen LogP contribution in [-0.2, 0) is 4.74 Å². The standard InChI is InChI=1S/C14H27NO/c1-11(12-6-9-16-10-12)15-13-4-7-14(2,3)8-5-13/h11-13,15H,4-10H2,1-3H3. The van der Waals surface area contributed by atoms with Gasteiger partial charge in [-0.3, -0.25) is 0 Å². The van der Waals surface area contributed by atoms with E-state index in [1.54, 1.807) is 0 Å². The molecule has 0 radical (unpaired) electrons. The Morgan fingerprint density at radius 2 is 1.88 bits per heavy atom. The maximum Gasteiger partial charge on any atom is 0.0509 e. The lowest BCUT2D eigenvalue weighted by Gasteiger charge is -2.36. The van der Waals surface area contributed by atoms with Gasteiger partial charge in [-0.15, -0.1) is 0 Å². The molecule has 0 spiro atoms. The fraction of sp³-hybridized carbons (Fsp3) is 1.00. The molecule has 0 aromatic carbocycles. The van der Waals surface area contributed by atoms with Crippen LogP contribution < -0.4 is 5.32 Å². The average Bonchev–Trinajstić information content (AvgIpc) is 2.74. The first-order chi connectivity index (χ1) is 7.57. The van der Waals surface area contributed by atoms with E-state index in [0.29, 0.717) is 11.5 Å². The molecule has 2 rings (SSSR count). The highest BCUT2D eigenvalue weighted by Crippen LogP contribution is 2.35. The molecule has 2 atom stereocenters. The predicted octanol–water partition coefficient (Wildman–Crippen LogP) is 2.97. The van der Waals surface area contributed by atoms with Gasteiger partial charge >= 0.3 is 0 Å². The van der Waals surface area contributed by atoms with Crippen LogP contribution in [0.4, 0.5) is 0 Å². The molecule has 94 valence electrons. The SMILES string of the molecule is CC(NC1CCC(C)(C)CC1)C1CCOC1. The van der Waals surface area contributed by atoms with Crippen LogP contribution in [0.15, 0.2) is 0 Å². The maximum atomic E-state index is 5.46. The Kier molecular flexibility index (Phi) is 3.91. The van der Waals surface area contributed by atoms with Crippen molar-refractivity contribution < 1.29 is 4.74 Å². The number of ether oxygens (including phenoxy) is 1. The zero-order chi connectivity index (χ0) is 11.6. The second kappa shape index (κ2) is 5.05. The smallest absolute Gasteiger partial charge is 0.0509 e. The number of rotatable bonds is 3. The van der Waals surface area contributed by atoms with E-state index in [4.69, 9.17) is 4.74 Å². The molecule has 2 nitrogen and oxygen atoms in total. The molecular formula is C14H27NO. The van der Waals surface area contributed by atoms with Crippen LogP contribution in [-0.4, -0.2) is 25.3 Å². The molecular weight excluding hydrogens is 198 g/mol. The molecule has 2 aliphatic rings. The van der Waals surface area contributed by atoms with Gasteiger partial charge in [0.05, 0.1) is 6.61 Å². The highest BCUT2D eigenvalue weighted by molar-refractivity contribution is 4.85. The second-order valence-corrected chi connectivity index (χ2v) is 6.52. The Balaban J connectivity index is 1.73. The molecule has 1 saturated heterocycles. The van der Waals surface area contributed by atoms with E-state index in [9.17, 15) is 0 Å². The fourth-order valence-corrected chi connectivity index (χ4v) is 3.02. The van der Waals surface area contributed by atoms with E-state index in [1.807, 2.05) is 0 Å². The normalized spacial score (nSPS) is 32.8. The van der Waals surface area contributed by atoms with Gasteiger partial charge in [0, 0.05) is 18.7 Å². The Hall–Kier alpha value is -0.0800. The minimum atomic E-state index is 0.581. The Morgan fingerprint density at radius 3 is 2.44 bits per heavy atom. The van der Waals surface area contributed by atoms with Crippen molar-refractivity contribution in [2.75, 3.05) is 13.2 Å². The second-order valence-electron chi connectivity index (χ2n) is 6.52. The van der Waals surface area contributed by atoms with Gasteiger partial charge in [0.25, 0.3) is 0 Å². The summed E-state index contributed by atoms with van der Waals surface area (Å²) in [6.45, 7) is 9.06. The third-order valence-corrected chi connectivity index (χ3v) is 4.51. The van der Waals surface area contributed by atoms with Crippen molar-refractivity contribution in [1.82, 2.24) is 5.32 Å². The van der Waals surface area contributed by atoms with E-state index in [1.165, 1.54) is 32.1 Å². The molecule has 0 aromatic heterocycles. The van der Waals surface area contributed by atoms with Crippen molar-refractivity contribution in [2.45, 2.75) is 65.0 Å². The maximum absolute atomic E-state index is 5.46. The summed E-state index contributed by atoms with van der Waals surface area (Å²) in [5.41, 5.74) is 0.581. The molecule has 2 fully saturated rings. The van der Waals surface area contributed by atoms with Crippen molar-refractivity contribution in [3.8, 4) is 0 Å². The van der Waals surface area contributed by atoms with Crippen LogP contribution in [0.2, 0.25) is 0 Å². The molecule has 1 N–H and O–H groups in total. The molecule has 1 heterocycles. The van der Waals surface area contributed by atoms with Gasteiger partial charge in [0.1, 0.15) is 0 Å². The summed E-state index contributed by atoms with van der Waals surface area (Å²) < 4.78 is 5.46. The third-order valence-electron chi connectivity index (χ3n) is 4.51. The third kappa shape index (κ3) is 3.21. The average molecular weight is 225 g/mol. The summed E-state index contributed by atoms with van der Waals surface area (Å²) >= 11 is 0. The minimum Gasteiger partial charge on any atom is -0.381 e. The highest BCUT2D eigenvalue weighted by Gasteiger charge is 2.29. The van der Waals surface area contributed by atoms with Crippen LogP contribution in [0.1, 0.15) is 52.9 Å². The first-order valence-electron chi connectivity index (χ1n) is 6.91. The van der Waals surface area contributed by atoms with Gasteiger partial charge in [-0.1, -0.05) is 13.8 Å². The monoisotopic (exact) mass is 225 g/mol. The molecule has 0 aromatic rings. The molecule has 1 aliphatic heterocycles. The van der Waals surface area contributed by atoms with Crippen LogP contribution >= 0.6 is 0 Å². The number of nitrogens with one attached hydrogen (secondary N) is 1. The lowest BCUT2D eigenvalue weighted by atomic mass is 9.75. The van der Waals surface area contributed by atoms with Gasteiger partial charge in [-0.2, -0.15) is 0 Å². The molecule has 2 heteroatoms.